The molecule has 1 atom stereocenters. The molecule has 2 amide bonds. The van der Waals surface area contributed by atoms with Crippen molar-refractivity contribution in [2.24, 2.45) is 0 Å². The zero-order valence-electron chi connectivity index (χ0n) is 11.8. The van der Waals surface area contributed by atoms with E-state index in [-0.39, 0.29) is 25.5 Å². The topological polar surface area (TPSA) is 106 Å². The predicted octanol–water partition coefficient (Wildman–Crippen LogP) is -0.419. The molecule has 8 nitrogen and oxygen atoms in total. The van der Waals surface area contributed by atoms with Gasteiger partial charge in [0, 0.05) is 46.8 Å². The van der Waals surface area contributed by atoms with Gasteiger partial charge in [-0.25, -0.2) is 9.59 Å². The van der Waals surface area contributed by atoms with E-state index in [2.05, 4.69) is 10.6 Å². The van der Waals surface area contributed by atoms with E-state index in [4.69, 9.17) is 14.2 Å². The van der Waals surface area contributed by atoms with E-state index < -0.39 is 17.5 Å². The Kier molecular flexibility index (Phi) is 6.69. The van der Waals surface area contributed by atoms with Crippen molar-refractivity contribution in [3.8, 4) is 0 Å². The predicted molar refractivity (Wildman–Crippen MR) is 69.6 cm³/mol. The zero-order valence-corrected chi connectivity index (χ0v) is 11.8. The second-order valence-electron chi connectivity index (χ2n) is 4.65. The smallest absolute Gasteiger partial charge is 0.329 e. The van der Waals surface area contributed by atoms with Crippen molar-refractivity contribution in [1.29, 1.82) is 0 Å². The minimum Gasteiger partial charge on any atom is -0.480 e. The van der Waals surface area contributed by atoms with Crippen LogP contribution >= 0.6 is 0 Å². The summed E-state index contributed by atoms with van der Waals surface area (Å²) >= 11 is 0. The number of amides is 2. The van der Waals surface area contributed by atoms with Crippen molar-refractivity contribution in [3.63, 3.8) is 0 Å². The molecule has 0 aromatic rings. The van der Waals surface area contributed by atoms with Crippen molar-refractivity contribution < 1.29 is 28.9 Å². The molecule has 1 saturated heterocycles. The first kappa shape index (κ1) is 16.7. The molecule has 8 heteroatoms. The number of carboxylic acid groups (broad SMARTS) is 1. The molecule has 1 heterocycles. The fourth-order valence-electron chi connectivity index (χ4n) is 1.98. The summed E-state index contributed by atoms with van der Waals surface area (Å²) in [6, 6.07) is -0.535. The molecule has 20 heavy (non-hydrogen) atoms. The van der Waals surface area contributed by atoms with Crippen LogP contribution in [0.3, 0.4) is 0 Å². The van der Waals surface area contributed by atoms with Gasteiger partial charge in [-0.3, -0.25) is 0 Å². The molecular formula is C12H22N2O6. The first-order valence-corrected chi connectivity index (χ1v) is 6.43. The average Bonchev–Trinajstić information content (AvgIpc) is 2.44. The number of rotatable bonds is 7. The van der Waals surface area contributed by atoms with E-state index in [0.717, 1.165) is 0 Å². The van der Waals surface area contributed by atoms with Gasteiger partial charge in [-0.2, -0.15) is 0 Å². The Morgan fingerprint density at radius 1 is 1.35 bits per heavy atom. The number of urea groups is 1. The first-order chi connectivity index (χ1) is 9.54. The molecule has 0 saturated carbocycles. The third-order valence-electron chi connectivity index (χ3n) is 3.28. The van der Waals surface area contributed by atoms with E-state index >= 15 is 0 Å². The molecule has 0 bridgehead atoms. The van der Waals surface area contributed by atoms with E-state index in [1.165, 1.54) is 14.2 Å². The molecule has 1 aliphatic heterocycles. The highest BCUT2D eigenvalue weighted by Crippen LogP contribution is 2.20. The lowest BCUT2D eigenvalue weighted by Gasteiger charge is -2.33. The largest absolute Gasteiger partial charge is 0.480 e. The molecule has 1 unspecified atom stereocenters. The van der Waals surface area contributed by atoms with Gasteiger partial charge in [0.15, 0.2) is 0 Å². The third-order valence-corrected chi connectivity index (χ3v) is 3.28. The van der Waals surface area contributed by atoms with Crippen molar-refractivity contribution in [1.82, 2.24) is 10.6 Å². The Labute approximate surface area is 117 Å². The van der Waals surface area contributed by atoms with Crippen LogP contribution in [0.5, 0.6) is 0 Å². The minimum absolute atomic E-state index is 0.238. The van der Waals surface area contributed by atoms with Gasteiger partial charge in [0.2, 0.25) is 0 Å². The summed E-state index contributed by atoms with van der Waals surface area (Å²) in [6.07, 6.45) is 0.226. The van der Waals surface area contributed by atoms with Crippen LogP contribution in [-0.4, -0.2) is 69.3 Å². The quantitative estimate of drug-likeness (QED) is 0.588. The maximum Gasteiger partial charge on any atom is 0.329 e. The van der Waals surface area contributed by atoms with Gasteiger partial charge < -0.3 is 30.0 Å². The number of hydrogen-bond donors (Lipinski definition) is 3. The standard InChI is InChI=1S/C12H22N2O6/c1-18-8-9(19-2)7-13-11(17)14-12(10(15)16)3-5-20-6-4-12/h9H,3-8H2,1-2H3,(H,15,16)(H2,13,14,17). The molecule has 0 aliphatic carbocycles. The first-order valence-electron chi connectivity index (χ1n) is 6.43. The second kappa shape index (κ2) is 8.03. The van der Waals surface area contributed by atoms with Crippen molar-refractivity contribution in [3.05, 3.63) is 0 Å². The Bertz CT molecular complexity index is 330. The van der Waals surface area contributed by atoms with Crippen molar-refractivity contribution >= 4 is 12.0 Å². The second-order valence-corrected chi connectivity index (χ2v) is 4.65. The third kappa shape index (κ3) is 4.62. The average molecular weight is 290 g/mol. The minimum atomic E-state index is -1.26. The molecule has 0 aromatic heterocycles. The Morgan fingerprint density at radius 3 is 2.50 bits per heavy atom. The molecule has 3 N–H and O–H groups in total. The molecular weight excluding hydrogens is 268 g/mol. The molecule has 1 rings (SSSR count). The fourth-order valence-corrected chi connectivity index (χ4v) is 1.98. The number of carbonyl (C=O) groups excluding carboxylic acids is 1. The van der Waals surface area contributed by atoms with E-state index in [1.54, 1.807) is 0 Å². The summed E-state index contributed by atoms with van der Waals surface area (Å²) in [7, 11) is 3.05. The van der Waals surface area contributed by atoms with Crippen LogP contribution in [-0.2, 0) is 19.0 Å². The summed E-state index contributed by atoms with van der Waals surface area (Å²) in [4.78, 5) is 23.2. The molecule has 0 aromatic carbocycles. The van der Waals surface area contributed by atoms with E-state index in [9.17, 15) is 14.7 Å². The summed E-state index contributed by atoms with van der Waals surface area (Å²) in [5.41, 5.74) is -1.26. The Hall–Kier alpha value is -1.38. The lowest BCUT2D eigenvalue weighted by atomic mass is 9.90. The normalized spacial score (nSPS) is 19.1. The van der Waals surface area contributed by atoms with Gasteiger partial charge in [0.1, 0.15) is 5.54 Å². The number of hydrogen-bond acceptors (Lipinski definition) is 5. The lowest BCUT2D eigenvalue weighted by molar-refractivity contribution is -0.148. The number of methoxy groups -OCH3 is 2. The Balaban J connectivity index is 2.48. The maximum atomic E-state index is 11.8. The van der Waals surface area contributed by atoms with Gasteiger partial charge in [0.05, 0.1) is 12.7 Å². The summed E-state index contributed by atoms with van der Waals surface area (Å²) in [5, 5.41) is 14.4. The van der Waals surface area contributed by atoms with Gasteiger partial charge in [-0.15, -0.1) is 0 Å². The van der Waals surface area contributed by atoms with Crippen LogP contribution in [0, 0.1) is 0 Å². The zero-order chi connectivity index (χ0) is 15.0. The number of ether oxygens (including phenoxy) is 3. The lowest BCUT2D eigenvalue weighted by Crippen LogP contribution is -2.60. The highest BCUT2D eigenvalue weighted by Gasteiger charge is 2.41. The number of carboxylic acids is 1. The molecule has 0 spiro atoms. The molecule has 116 valence electrons. The maximum absolute atomic E-state index is 11.8. The van der Waals surface area contributed by atoms with Gasteiger partial charge in [-0.05, 0) is 0 Å². The van der Waals surface area contributed by atoms with E-state index in [0.29, 0.717) is 19.8 Å². The number of carbonyl (C=O) groups is 2. The fraction of sp³-hybridized carbons (Fsp3) is 0.833. The van der Waals surface area contributed by atoms with Crippen molar-refractivity contribution in [2.75, 3.05) is 40.6 Å². The van der Waals surface area contributed by atoms with Crippen LogP contribution in [0.25, 0.3) is 0 Å². The van der Waals surface area contributed by atoms with Gasteiger partial charge in [-0.1, -0.05) is 0 Å². The van der Waals surface area contributed by atoms with Crippen LogP contribution < -0.4 is 10.6 Å². The van der Waals surface area contributed by atoms with Crippen LogP contribution in [0.4, 0.5) is 4.79 Å². The molecule has 1 aliphatic rings. The highest BCUT2D eigenvalue weighted by molar-refractivity contribution is 5.86. The summed E-state index contributed by atoms with van der Waals surface area (Å²) in [6.45, 7) is 1.21. The monoisotopic (exact) mass is 290 g/mol. The Morgan fingerprint density at radius 2 is 2.00 bits per heavy atom. The van der Waals surface area contributed by atoms with Gasteiger partial charge >= 0.3 is 12.0 Å². The molecule has 1 fully saturated rings. The van der Waals surface area contributed by atoms with Gasteiger partial charge in [0.25, 0.3) is 0 Å². The SMILES string of the molecule is COCC(CNC(=O)NC1(C(=O)O)CCOCC1)OC. The summed E-state index contributed by atoms with van der Waals surface area (Å²) in [5.74, 6) is -1.05. The highest BCUT2D eigenvalue weighted by atomic mass is 16.5. The molecule has 0 radical (unpaired) electrons. The van der Waals surface area contributed by atoms with E-state index in [1.807, 2.05) is 0 Å². The van der Waals surface area contributed by atoms with Crippen LogP contribution in [0.1, 0.15) is 12.8 Å². The summed E-state index contributed by atoms with van der Waals surface area (Å²) < 4.78 is 15.2. The van der Waals surface area contributed by atoms with Crippen LogP contribution in [0.15, 0.2) is 0 Å². The number of aliphatic carboxylic acids is 1. The number of nitrogens with one attached hydrogen (secondary N) is 2. The van der Waals surface area contributed by atoms with Crippen LogP contribution in [0.2, 0.25) is 0 Å². The van der Waals surface area contributed by atoms with Crippen molar-refractivity contribution in [2.45, 2.75) is 24.5 Å².